The van der Waals surface area contributed by atoms with Gasteiger partial charge in [0.05, 0.1) is 0 Å². The normalized spacial score (nSPS) is 10.8. The van der Waals surface area contributed by atoms with E-state index in [0.717, 1.165) is 5.75 Å². The van der Waals surface area contributed by atoms with Gasteiger partial charge < -0.3 is 4.74 Å². The zero-order valence-electron chi connectivity index (χ0n) is 7.05. The van der Waals surface area contributed by atoms with E-state index in [4.69, 9.17) is 4.74 Å². The molecule has 1 aliphatic heterocycles. The van der Waals surface area contributed by atoms with Gasteiger partial charge in [-0.05, 0) is 12.1 Å². The van der Waals surface area contributed by atoms with E-state index in [1.165, 1.54) is 5.56 Å². The van der Waals surface area contributed by atoms with Crippen molar-refractivity contribution in [3.05, 3.63) is 35.9 Å². The second-order valence-electron chi connectivity index (χ2n) is 2.25. The molecular weight excluding hydrogens is 299 g/mol. The zero-order chi connectivity index (χ0) is 6.81. The van der Waals surface area contributed by atoms with Gasteiger partial charge in [-0.15, -0.1) is 0 Å². The second-order valence-corrected chi connectivity index (χ2v) is 2.25. The van der Waals surface area contributed by atoms with Gasteiger partial charge in [-0.3, -0.25) is 0 Å². The molecule has 4 radical (unpaired) electrons. The molecule has 0 aliphatic carbocycles. The van der Waals surface area contributed by atoms with E-state index in [9.17, 15) is 0 Å². The fourth-order valence-corrected chi connectivity index (χ4v) is 1.06. The van der Waals surface area contributed by atoms with Crippen LogP contribution in [0.2, 0.25) is 0 Å². The first kappa shape index (κ1) is 16.3. The van der Waals surface area contributed by atoms with Gasteiger partial charge in [0.15, 0.2) is 0 Å². The van der Waals surface area contributed by atoms with Crippen LogP contribution in [-0.4, -0.2) is 24.0 Å². The fraction of sp³-hybridized carbons (Fsp3) is 0.111. The molecule has 1 heterocycles. The van der Waals surface area contributed by atoms with Gasteiger partial charge in [-0.2, -0.15) is 0 Å². The van der Waals surface area contributed by atoms with Crippen molar-refractivity contribution in [3.8, 4) is 5.75 Å². The van der Waals surface area contributed by atoms with Crippen LogP contribution in [0.4, 0.5) is 0 Å². The molecule has 0 aromatic heterocycles. The summed E-state index contributed by atoms with van der Waals surface area (Å²) in [5, 5.41) is 0. The van der Waals surface area contributed by atoms with Crippen LogP contribution in [0.3, 0.4) is 0 Å². The van der Waals surface area contributed by atoms with E-state index in [2.05, 4.69) is 6.08 Å². The monoisotopic (exact) mass is 306 g/mol. The summed E-state index contributed by atoms with van der Waals surface area (Å²) in [6, 6.07) is 8.03. The number of para-hydroxylation sites is 1. The largest absolute Gasteiger partial charge is 0.489 e. The Morgan fingerprint density at radius 2 is 1.85 bits per heavy atom. The Morgan fingerprint density at radius 3 is 2.54 bits per heavy atom. The minimum absolute atomic E-state index is 0. The van der Waals surface area contributed by atoms with Crippen LogP contribution in [-0.2, 0) is 49.2 Å². The maximum Gasteiger partial charge on any atom is 0.126 e. The molecule has 1 aromatic rings. The molecule has 13 heavy (non-hydrogen) atoms. The molecule has 1 nitrogen and oxygen atoms in total. The first-order valence-corrected chi connectivity index (χ1v) is 3.35. The number of hydrogen-bond acceptors (Lipinski definition) is 1. The fourth-order valence-electron chi connectivity index (χ4n) is 1.06. The SMILES string of the molecule is C1=Cc2ccccc2OC1.[Al].[Ni].[Y]. The Kier molecular flexibility index (Phi) is 10.3. The maximum absolute atomic E-state index is 5.34. The van der Waals surface area contributed by atoms with Gasteiger partial charge in [0.25, 0.3) is 0 Å². The van der Waals surface area contributed by atoms with Crippen molar-refractivity contribution in [2.45, 2.75) is 0 Å². The summed E-state index contributed by atoms with van der Waals surface area (Å²) < 4.78 is 5.34. The van der Waals surface area contributed by atoms with E-state index < -0.39 is 0 Å². The third kappa shape index (κ3) is 4.28. The Bertz CT molecular complexity index is 278. The molecule has 4 heteroatoms. The summed E-state index contributed by atoms with van der Waals surface area (Å²) in [6.45, 7) is 0.705. The van der Waals surface area contributed by atoms with Gasteiger partial charge in [-0.1, -0.05) is 24.3 Å². The molecule has 0 amide bonds. The van der Waals surface area contributed by atoms with E-state index in [0.29, 0.717) is 6.61 Å². The van der Waals surface area contributed by atoms with Crippen molar-refractivity contribution in [2.24, 2.45) is 0 Å². The summed E-state index contributed by atoms with van der Waals surface area (Å²) in [5.74, 6) is 0.991. The van der Waals surface area contributed by atoms with E-state index in [1.807, 2.05) is 30.3 Å². The third-order valence-corrected chi connectivity index (χ3v) is 1.55. The molecule has 0 fully saturated rings. The van der Waals surface area contributed by atoms with Gasteiger partial charge >= 0.3 is 0 Å². The zero-order valence-corrected chi connectivity index (χ0v) is 12.0. The van der Waals surface area contributed by atoms with Crippen LogP contribution >= 0.6 is 0 Å². The molecule has 1 aromatic carbocycles. The minimum Gasteiger partial charge on any atom is -0.489 e. The number of benzene rings is 1. The van der Waals surface area contributed by atoms with Crippen LogP contribution in [0.25, 0.3) is 6.08 Å². The molecule has 0 saturated heterocycles. The topological polar surface area (TPSA) is 9.23 Å². The van der Waals surface area contributed by atoms with Crippen LogP contribution < -0.4 is 4.74 Å². The van der Waals surface area contributed by atoms with Crippen molar-refractivity contribution in [1.82, 2.24) is 0 Å². The molecule has 0 atom stereocenters. The van der Waals surface area contributed by atoms with Gasteiger partial charge in [0.2, 0.25) is 0 Å². The number of hydrogen-bond donors (Lipinski definition) is 0. The average Bonchev–Trinajstić information content (AvgIpc) is 2.05. The van der Waals surface area contributed by atoms with E-state index >= 15 is 0 Å². The molecular formula is C9H8AlNiOY. The average molecular weight is 307 g/mol. The summed E-state index contributed by atoms with van der Waals surface area (Å²) in [4.78, 5) is 0. The van der Waals surface area contributed by atoms with Gasteiger partial charge in [-0.25, -0.2) is 0 Å². The molecule has 66 valence electrons. The first-order valence-electron chi connectivity index (χ1n) is 3.35. The molecule has 1 aliphatic rings. The first-order chi connectivity index (χ1) is 4.97. The quantitative estimate of drug-likeness (QED) is 0.663. The predicted octanol–water partition coefficient (Wildman–Crippen LogP) is 1.71. The second kappa shape index (κ2) is 8.22. The summed E-state index contributed by atoms with van der Waals surface area (Å²) in [6.07, 6.45) is 4.10. The molecule has 2 rings (SSSR count). The minimum atomic E-state index is 0. The standard InChI is InChI=1S/C9H8O.Al.Ni.Y/c1-2-6-9-8(4-1)5-3-7-10-9;;;/h1-6H,7H2;;;. The van der Waals surface area contributed by atoms with E-state index in [-0.39, 0.29) is 66.6 Å². The Labute approximate surface area is 124 Å². The summed E-state index contributed by atoms with van der Waals surface area (Å²) in [5.41, 5.74) is 1.17. The van der Waals surface area contributed by atoms with Gasteiger partial charge in [0.1, 0.15) is 12.4 Å². The van der Waals surface area contributed by atoms with Crippen LogP contribution in [0, 0.1) is 0 Å². The molecule has 0 N–H and O–H groups in total. The number of ether oxygens (including phenoxy) is 1. The van der Waals surface area contributed by atoms with Crippen molar-refractivity contribution in [3.63, 3.8) is 0 Å². The van der Waals surface area contributed by atoms with Crippen LogP contribution in [0.1, 0.15) is 5.56 Å². The molecule has 0 unspecified atom stereocenters. The Hall–Kier alpha value is 0.890. The predicted molar refractivity (Wildman–Crippen MR) is 46.7 cm³/mol. The van der Waals surface area contributed by atoms with Crippen LogP contribution in [0.5, 0.6) is 5.75 Å². The van der Waals surface area contributed by atoms with Crippen molar-refractivity contribution >= 4 is 23.4 Å². The Balaban J connectivity index is 0. The number of rotatable bonds is 0. The Morgan fingerprint density at radius 1 is 1.15 bits per heavy atom. The summed E-state index contributed by atoms with van der Waals surface area (Å²) >= 11 is 0. The third-order valence-electron chi connectivity index (χ3n) is 1.55. The molecule has 0 spiro atoms. The van der Waals surface area contributed by atoms with Crippen molar-refractivity contribution in [2.75, 3.05) is 6.61 Å². The van der Waals surface area contributed by atoms with Crippen molar-refractivity contribution < 1.29 is 53.9 Å². The van der Waals surface area contributed by atoms with Crippen LogP contribution in [0.15, 0.2) is 30.3 Å². The van der Waals surface area contributed by atoms with Crippen molar-refractivity contribution in [1.29, 1.82) is 0 Å². The molecule has 0 bridgehead atoms. The van der Waals surface area contributed by atoms with Gasteiger partial charge in [0, 0.05) is 72.1 Å². The molecule has 0 saturated carbocycles. The maximum atomic E-state index is 5.34. The summed E-state index contributed by atoms with van der Waals surface area (Å²) in [7, 11) is 0. The number of fused-ring (bicyclic) bond motifs is 1. The smallest absolute Gasteiger partial charge is 0.126 e. The van der Waals surface area contributed by atoms with E-state index in [1.54, 1.807) is 0 Å².